The highest BCUT2D eigenvalue weighted by Gasteiger charge is 2.21. The van der Waals surface area contributed by atoms with Gasteiger partial charge in [-0.05, 0) is 56.4 Å². The molecule has 8 aromatic carbocycles. The summed E-state index contributed by atoms with van der Waals surface area (Å²) in [5.74, 6) is 1.86. The minimum absolute atomic E-state index is 0.602. The van der Waals surface area contributed by atoms with Crippen molar-refractivity contribution < 1.29 is 4.42 Å². The second-order valence-corrected chi connectivity index (χ2v) is 12.8. The molecule has 0 unspecified atom stereocenters. The molecule has 2 aromatic heterocycles. The minimum atomic E-state index is 0.602. The summed E-state index contributed by atoms with van der Waals surface area (Å²) >= 11 is 0. The van der Waals surface area contributed by atoms with Gasteiger partial charge in [0.15, 0.2) is 17.5 Å². The Labute approximate surface area is 294 Å². The third-order valence-electron chi connectivity index (χ3n) is 9.71. The maximum atomic E-state index is 6.83. The number of furan rings is 1. The Hall–Kier alpha value is -6.91. The van der Waals surface area contributed by atoms with Crippen LogP contribution >= 0.6 is 0 Å². The Kier molecular flexibility index (Phi) is 6.78. The average molecular weight is 652 g/mol. The van der Waals surface area contributed by atoms with E-state index in [1.807, 2.05) is 72.8 Å². The minimum Gasteiger partial charge on any atom is -0.455 e. The molecule has 0 saturated carbocycles. The van der Waals surface area contributed by atoms with E-state index in [4.69, 9.17) is 19.4 Å². The summed E-state index contributed by atoms with van der Waals surface area (Å²) in [4.78, 5) is 15.1. The van der Waals surface area contributed by atoms with Crippen LogP contribution in [0.15, 0.2) is 180 Å². The number of hydrogen-bond donors (Lipinski definition) is 0. The van der Waals surface area contributed by atoms with Crippen molar-refractivity contribution >= 4 is 43.5 Å². The van der Waals surface area contributed by atoms with Crippen LogP contribution in [-0.4, -0.2) is 15.0 Å². The van der Waals surface area contributed by atoms with Crippen molar-refractivity contribution in [3.63, 3.8) is 0 Å². The van der Waals surface area contributed by atoms with Crippen LogP contribution in [0, 0.1) is 0 Å². The van der Waals surface area contributed by atoms with E-state index in [0.29, 0.717) is 17.5 Å². The van der Waals surface area contributed by atoms with Gasteiger partial charge in [-0.2, -0.15) is 0 Å². The lowest BCUT2D eigenvalue weighted by Gasteiger charge is -2.11. The molecule has 0 aliphatic rings. The van der Waals surface area contributed by atoms with Crippen molar-refractivity contribution in [2.75, 3.05) is 0 Å². The summed E-state index contributed by atoms with van der Waals surface area (Å²) in [5.41, 5.74) is 8.93. The van der Waals surface area contributed by atoms with Crippen LogP contribution in [0.1, 0.15) is 0 Å². The molecule has 51 heavy (non-hydrogen) atoms. The van der Waals surface area contributed by atoms with Gasteiger partial charge in [0.25, 0.3) is 0 Å². The summed E-state index contributed by atoms with van der Waals surface area (Å²) in [7, 11) is 0. The van der Waals surface area contributed by atoms with Crippen molar-refractivity contribution in [1.82, 2.24) is 15.0 Å². The van der Waals surface area contributed by atoms with Gasteiger partial charge in [0.05, 0.1) is 0 Å². The van der Waals surface area contributed by atoms with E-state index in [9.17, 15) is 0 Å². The Morgan fingerprint density at radius 3 is 1.67 bits per heavy atom. The lowest BCUT2D eigenvalue weighted by molar-refractivity contribution is 0.670. The molecule has 0 aliphatic heterocycles. The van der Waals surface area contributed by atoms with Gasteiger partial charge in [0, 0.05) is 33.0 Å². The third kappa shape index (κ3) is 5.04. The van der Waals surface area contributed by atoms with E-state index in [2.05, 4.69) is 103 Å². The second kappa shape index (κ2) is 11.9. The van der Waals surface area contributed by atoms with Crippen LogP contribution < -0.4 is 0 Å². The molecule has 0 bridgehead atoms. The Bertz CT molecular complexity index is 2840. The average Bonchev–Trinajstić information content (AvgIpc) is 3.58. The lowest BCUT2D eigenvalue weighted by atomic mass is 9.93. The van der Waals surface area contributed by atoms with Crippen molar-refractivity contribution in [3.8, 4) is 56.4 Å². The fourth-order valence-corrected chi connectivity index (χ4v) is 7.22. The molecule has 0 saturated heterocycles. The fraction of sp³-hybridized carbons (Fsp3) is 0. The lowest BCUT2D eigenvalue weighted by Crippen LogP contribution is -2.00. The van der Waals surface area contributed by atoms with Gasteiger partial charge < -0.3 is 4.42 Å². The maximum Gasteiger partial charge on any atom is 0.164 e. The molecule has 0 amide bonds. The molecule has 0 N–H and O–H groups in total. The number of benzene rings is 8. The van der Waals surface area contributed by atoms with E-state index in [0.717, 1.165) is 60.5 Å². The van der Waals surface area contributed by atoms with Crippen LogP contribution in [0.25, 0.3) is 99.9 Å². The van der Waals surface area contributed by atoms with Gasteiger partial charge in [0.1, 0.15) is 11.2 Å². The molecule has 0 radical (unpaired) electrons. The van der Waals surface area contributed by atoms with Crippen LogP contribution in [-0.2, 0) is 0 Å². The Morgan fingerprint density at radius 2 is 0.941 bits per heavy atom. The smallest absolute Gasteiger partial charge is 0.164 e. The van der Waals surface area contributed by atoms with Gasteiger partial charge in [0.2, 0.25) is 0 Å². The van der Waals surface area contributed by atoms with Crippen molar-refractivity contribution in [2.45, 2.75) is 0 Å². The molecule has 10 aromatic rings. The number of rotatable bonds is 5. The normalized spacial score (nSPS) is 11.5. The summed E-state index contributed by atoms with van der Waals surface area (Å²) in [6, 6.07) is 61.1. The Balaban J connectivity index is 1.18. The molecule has 4 nitrogen and oxygen atoms in total. The Morgan fingerprint density at radius 1 is 0.353 bits per heavy atom. The van der Waals surface area contributed by atoms with E-state index >= 15 is 0 Å². The fourth-order valence-electron chi connectivity index (χ4n) is 7.22. The number of fused-ring (bicyclic) bond motifs is 5. The van der Waals surface area contributed by atoms with Crippen LogP contribution in [0.3, 0.4) is 0 Å². The summed E-state index contributed by atoms with van der Waals surface area (Å²) < 4.78 is 6.83. The molecule has 0 atom stereocenters. The zero-order valence-electron chi connectivity index (χ0n) is 27.5. The first-order valence-corrected chi connectivity index (χ1v) is 17.1. The maximum absolute atomic E-state index is 6.83. The molecule has 4 heteroatoms. The molecule has 0 spiro atoms. The van der Waals surface area contributed by atoms with Gasteiger partial charge in [-0.25, -0.2) is 15.0 Å². The van der Waals surface area contributed by atoms with E-state index in [1.54, 1.807) is 0 Å². The van der Waals surface area contributed by atoms with E-state index in [-0.39, 0.29) is 0 Å². The van der Waals surface area contributed by atoms with Crippen LogP contribution in [0.5, 0.6) is 0 Å². The molecule has 0 fully saturated rings. The van der Waals surface area contributed by atoms with Gasteiger partial charge in [-0.3, -0.25) is 0 Å². The number of nitrogens with zero attached hydrogens (tertiary/aromatic N) is 3. The number of hydrogen-bond acceptors (Lipinski definition) is 4. The molecule has 10 rings (SSSR count). The van der Waals surface area contributed by atoms with Crippen LogP contribution in [0.2, 0.25) is 0 Å². The predicted molar refractivity (Wildman–Crippen MR) is 209 cm³/mol. The monoisotopic (exact) mass is 651 g/mol. The predicted octanol–water partition coefficient (Wildman–Crippen LogP) is 12.4. The SMILES string of the molecule is c1ccc(-c2nc(-c3ccccc3)nc(-c3cccc4oc5c(-c6ccc(-c7ccc8ccccc8c7)cc6)c6ccccc6cc5c34)n2)cc1. The first-order chi connectivity index (χ1) is 25.3. The zero-order valence-corrected chi connectivity index (χ0v) is 27.5. The first-order valence-electron chi connectivity index (χ1n) is 17.1. The topological polar surface area (TPSA) is 51.8 Å². The summed E-state index contributed by atoms with van der Waals surface area (Å²) in [6.45, 7) is 0. The largest absolute Gasteiger partial charge is 0.455 e. The van der Waals surface area contributed by atoms with E-state index in [1.165, 1.54) is 21.9 Å². The first kappa shape index (κ1) is 29.0. The standard InChI is InChI=1S/C47H29N3O/c1-3-13-33(14-4-1)45-48-46(34-15-5-2-6-16-34)50-47(49-45)39-20-11-21-41-43(39)40-29-37-18-9-10-19-38(37)42(44(40)51-41)32-25-22-31(23-26-32)36-27-24-30-12-7-8-17-35(30)28-36/h1-29H. The van der Waals surface area contributed by atoms with E-state index < -0.39 is 0 Å². The van der Waals surface area contributed by atoms with Gasteiger partial charge in [-0.1, -0.05) is 158 Å². The van der Waals surface area contributed by atoms with Crippen LogP contribution in [0.4, 0.5) is 0 Å². The molecular formula is C47H29N3O. The zero-order chi connectivity index (χ0) is 33.7. The highest BCUT2D eigenvalue weighted by atomic mass is 16.3. The van der Waals surface area contributed by atoms with Gasteiger partial charge >= 0.3 is 0 Å². The summed E-state index contributed by atoms with van der Waals surface area (Å²) in [5, 5.41) is 6.76. The van der Waals surface area contributed by atoms with Gasteiger partial charge in [-0.15, -0.1) is 0 Å². The molecular weight excluding hydrogens is 623 g/mol. The molecule has 0 aliphatic carbocycles. The highest BCUT2D eigenvalue weighted by molar-refractivity contribution is 6.21. The second-order valence-electron chi connectivity index (χ2n) is 12.8. The molecule has 238 valence electrons. The number of aromatic nitrogens is 3. The third-order valence-corrected chi connectivity index (χ3v) is 9.71. The molecule has 2 heterocycles. The van der Waals surface area contributed by atoms with Crippen molar-refractivity contribution in [2.24, 2.45) is 0 Å². The van der Waals surface area contributed by atoms with Crippen molar-refractivity contribution in [3.05, 3.63) is 176 Å². The summed E-state index contributed by atoms with van der Waals surface area (Å²) in [6.07, 6.45) is 0. The highest BCUT2D eigenvalue weighted by Crippen LogP contribution is 2.44. The van der Waals surface area contributed by atoms with Crippen molar-refractivity contribution in [1.29, 1.82) is 0 Å². The quantitative estimate of drug-likeness (QED) is 0.186.